The molecular formula is C80H84BrCl3K2N6O12. The molecule has 0 spiro atoms. The number of benzene rings is 9. The van der Waals surface area contributed by atoms with Gasteiger partial charge in [-0.3, -0.25) is 23.6 Å². The van der Waals surface area contributed by atoms with Crippen LogP contribution < -0.4 is 118 Å². The summed E-state index contributed by atoms with van der Waals surface area (Å²) in [6.07, 6.45) is 3.62. The van der Waals surface area contributed by atoms with Gasteiger partial charge in [-0.1, -0.05) is 270 Å². The zero-order valence-electron chi connectivity index (χ0n) is 55.1. The van der Waals surface area contributed by atoms with E-state index in [4.69, 9.17) is 59.1 Å². The Kier molecular flexibility index (Phi) is 45.5. The smallest absolute Gasteiger partial charge is 1.00 e. The number of esters is 2. The number of aromatic nitrogens is 6. The number of methoxy groups -OCH3 is 2. The number of rotatable bonds is 20. The summed E-state index contributed by atoms with van der Waals surface area (Å²) >= 11 is 21.7. The van der Waals surface area contributed by atoms with Gasteiger partial charge in [-0.15, -0.1) is 0 Å². The first-order valence-electron chi connectivity index (χ1n) is 29.7. The van der Waals surface area contributed by atoms with Crippen molar-refractivity contribution in [2.24, 2.45) is 0 Å². The number of carboxylic acids is 1. The molecule has 0 fully saturated rings. The van der Waals surface area contributed by atoms with Crippen LogP contribution in [0.2, 0.25) is 15.1 Å². The molecule has 24 heteroatoms. The Balaban J connectivity index is 0.00000137. The molecule has 3 heterocycles. The van der Waals surface area contributed by atoms with E-state index in [9.17, 15) is 24.6 Å². The summed E-state index contributed by atoms with van der Waals surface area (Å²) in [7, 11) is 2.72. The number of ether oxygens (including phenoxy) is 4. The molecule has 12 aromatic rings. The van der Waals surface area contributed by atoms with Crippen molar-refractivity contribution in [1.29, 1.82) is 0 Å². The van der Waals surface area contributed by atoms with Crippen molar-refractivity contribution >= 4 is 75.1 Å². The van der Waals surface area contributed by atoms with Gasteiger partial charge in [0.05, 0.1) is 50.9 Å². The zero-order valence-corrected chi connectivity index (χ0v) is 64.2. The number of hydrogen-bond acceptors (Lipinski definition) is 14. The molecule has 0 amide bonds. The van der Waals surface area contributed by atoms with E-state index in [1.54, 1.807) is 78.9 Å². The predicted molar refractivity (Wildman–Crippen MR) is 408 cm³/mol. The van der Waals surface area contributed by atoms with Crippen molar-refractivity contribution in [2.45, 2.75) is 73.8 Å². The summed E-state index contributed by atoms with van der Waals surface area (Å²) in [5.41, 5.74) is 9.66. The van der Waals surface area contributed by atoms with Crippen LogP contribution in [0, 0.1) is 0 Å². The van der Waals surface area contributed by atoms with Gasteiger partial charge in [0.1, 0.15) is 22.1 Å². The number of carboxylic acid groups (broad SMARTS) is 1. The largest absolute Gasteiger partial charge is 1.00 e. The molecule has 0 saturated carbocycles. The van der Waals surface area contributed by atoms with Crippen LogP contribution in [-0.2, 0) is 53.2 Å². The molecular weight excluding hydrogens is 1500 g/mol. The van der Waals surface area contributed by atoms with E-state index in [1.165, 1.54) is 19.8 Å². The minimum atomic E-state index is -1.14. The average Bonchev–Trinajstić information content (AvgIpc) is 1.77. The first kappa shape index (κ1) is 94.5. The molecule has 18 nitrogen and oxygen atoms in total. The molecule has 104 heavy (non-hydrogen) atoms. The van der Waals surface area contributed by atoms with Gasteiger partial charge in [-0.2, -0.15) is 15.3 Å². The van der Waals surface area contributed by atoms with Crippen LogP contribution >= 0.6 is 50.7 Å². The second kappa shape index (κ2) is 50.1. The summed E-state index contributed by atoms with van der Waals surface area (Å²) in [5.74, 6) is -0.756. The number of carbonyl (C=O) groups excluding carboxylic acids is 3. The number of carbonyl (C=O) groups is 4. The van der Waals surface area contributed by atoms with E-state index in [-0.39, 0.29) is 164 Å². The van der Waals surface area contributed by atoms with Crippen LogP contribution in [0.1, 0.15) is 89.0 Å². The molecule has 3 unspecified atom stereocenters. The van der Waals surface area contributed by atoms with Gasteiger partial charge in [0.15, 0.2) is 0 Å². The number of phenols is 1. The average molecular weight is 1590 g/mol. The Morgan fingerprint density at radius 2 is 0.760 bits per heavy atom. The first-order valence-corrected chi connectivity index (χ1v) is 31.7. The van der Waals surface area contributed by atoms with Gasteiger partial charge >= 0.3 is 121 Å². The van der Waals surface area contributed by atoms with Crippen molar-refractivity contribution in [3.05, 3.63) is 322 Å². The van der Waals surface area contributed by atoms with Crippen LogP contribution in [0.15, 0.2) is 273 Å². The predicted octanol–water partition coefficient (Wildman–Crippen LogP) is 13.0. The van der Waals surface area contributed by atoms with Gasteiger partial charge in [0.25, 0.3) is 6.47 Å². The van der Waals surface area contributed by atoms with Gasteiger partial charge in [-0.25, -0.2) is 9.59 Å². The number of nitrogens with zero attached hydrogens (tertiary/aromatic N) is 6. The molecule has 0 saturated heterocycles. The molecule has 0 bridgehead atoms. The van der Waals surface area contributed by atoms with Crippen molar-refractivity contribution in [2.75, 3.05) is 14.2 Å². The van der Waals surface area contributed by atoms with E-state index < -0.39 is 24.1 Å². The van der Waals surface area contributed by atoms with Crippen LogP contribution in [0.4, 0.5) is 0 Å². The molecule has 0 radical (unpaired) electrons. The summed E-state index contributed by atoms with van der Waals surface area (Å²) in [4.78, 5) is 46.2. The van der Waals surface area contributed by atoms with E-state index in [1.807, 2.05) is 184 Å². The second-order valence-corrected chi connectivity index (χ2v) is 23.0. The van der Waals surface area contributed by atoms with Gasteiger partial charge < -0.3 is 40.7 Å². The summed E-state index contributed by atoms with van der Waals surface area (Å²) in [5, 5.41) is 43.4. The monoisotopic (exact) mass is 1580 g/mol. The molecule has 3 aromatic heterocycles. The SMILES string of the molecule is C.C.C.C.C.COC(=O)C(Br)c1ccccc1.COC(=O)C(Oc1ccc(Cl)cc1-c1ccn(Cc2ccccc2)n1)c1ccccc1.O=C(O)C(Oc1ccc(Cl)cc1-c1ccn(Cc2ccccc2)n1)c1ccccc1.O=CO[O-].Oc1ccc(Cl)cc1-c1ccn(Cc2ccccc2)n1.[H-].[K+].[K+]. The molecule has 536 valence electrons. The van der Waals surface area contributed by atoms with Crippen LogP contribution in [0.3, 0.4) is 0 Å². The van der Waals surface area contributed by atoms with E-state index in [0.717, 1.165) is 16.7 Å². The second-order valence-electron chi connectivity index (χ2n) is 20.8. The number of aliphatic carboxylic acids is 1. The Morgan fingerprint density at radius 1 is 0.462 bits per heavy atom. The van der Waals surface area contributed by atoms with Crippen LogP contribution in [0.25, 0.3) is 33.8 Å². The number of halogens is 4. The van der Waals surface area contributed by atoms with Gasteiger partial charge in [0.2, 0.25) is 12.2 Å². The number of hydrogen-bond donors (Lipinski definition) is 2. The Labute approximate surface area is 719 Å². The minimum Gasteiger partial charge on any atom is -1.00 e. The van der Waals surface area contributed by atoms with E-state index in [2.05, 4.69) is 65.1 Å². The summed E-state index contributed by atoms with van der Waals surface area (Å²) in [6, 6.07) is 78.6. The topological polar surface area (TPSA) is 231 Å². The number of alkyl halides is 1. The third-order valence-corrected chi connectivity index (χ3v) is 15.6. The third-order valence-electron chi connectivity index (χ3n) is 14.0. The summed E-state index contributed by atoms with van der Waals surface area (Å²) in [6.45, 7) is 1.79. The quantitative estimate of drug-likeness (QED) is 0.0180. The number of phenolic OH excluding ortho intramolecular Hbond substituents is 1. The normalized spacial score (nSPS) is 10.5. The van der Waals surface area contributed by atoms with Gasteiger partial charge in [-0.05, 0) is 95.1 Å². The van der Waals surface area contributed by atoms with E-state index >= 15 is 0 Å². The minimum absolute atomic E-state index is 0. The standard InChI is InChI=1S/C25H21ClN2O3.C24H19ClN2O3.C16H13ClN2O.C9H9BrO2.CH2O3.5CH4.2K.H/c1-30-25(29)24(19-10-6-3-7-11-19)31-23-13-12-20(26)16-21(23)22-14-15-28(27-22)17-18-8-4-2-5-9-18;25-19-11-12-22(30-23(24(28)29)18-9-5-2-6-10-18)20(15-19)21-13-14-27(26-21)16-17-7-3-1-4-8-17;17-13-6-7-16(20)14(10-13)15-8-9-19(18-15)11-12-4-2-1-3-5-12;1-12-9(11)8(10)7-5-3-2-4-6-7;2-1-4-3;;;;;;;;/h2-16,24H,17H2,1H3;1-15,23H,16H2,(H,28,29);1-10,20H,11H2;2-6,8H,1H3;1,3H;5*1H4;;;/q;;;;;;;;;;2*+1;-1/p-1. The third kappa shape index (κ3) is 29.4. The van der Waals surface area contributed by atoms with Gasteiger partial charge in [0, 0.05) is 61.5 Å². The van der Waals surface area contributed by atoms with Crippen LogP contribution in [0.5, 0.6) is 17.2 Å². The van der Waals surface area contributed by atoms with Crippen molar-refractivity contribution in [3.8, 4) is 51.0 Å². The Morgan fingerprint density at radius 3 is 1.10 bits per heavy atom. The Bertz CT molecular complexity index is 4450. The first-order chi connectivity index (χ1) is 47.1. The fourth-order valence-electron chi connectivity index (χ4n) is 9.41. The molecule has 0 aliphatic heterocycles. The maximum atomic E-state index is 12.4. The zero-order chi connectivity index (χ0) is 68.9. The fraction of sp³-hybridized carbons (Fsp3) is 0.163. The number of aromatic hydroxyl groups is 1. The maximum absolute atomic E-state index is 12.4. The van der Waals surface area contributed by atoms with Crippen LogP contribution in [-0.4, -0.2) is 78.2 Å². The fourth-order valence-corrected chi connectivity index (χ4v) is 10.4. The molecule has 0 aliphatic carbocycles. The summed E-state index contributed by atoms with van der Waals surface area (Å²) < 4.78 is 27.1. The van der Waals surface area contributed by atoms with Crippen molar-refractivity contribution in [1.82, 2.24) is 29.3 Å². The molecule has 3 atom stereocenters. The molecule has 12 rings (SSSR count). The van der Waals surface area contributed by atoms with Crippen molar-refractivity contribution < 1.29 is 163 Å². The Hall–Kier alpha value is -7.53. The molecule has 2 N–H and O–H groups in total. The van der Waals surface area contributed by atoms with Crippen molar-refractivity contribution in [3.63, 3.8) is 0 Å². The molecule has 9 aromatic carbocycles. The molecule has 0 aliphatic rings. The van der Waals surface area contributed by atoms with E-state index in [0.29, 0.717) is 91.1 Å². The maximum Gasteiger partial charge on any atom is 1.00 e.